The fourth-order valence-corrected chi connectivity index (χ4v) is 2.50. The van der Waals surface area contributed by atoms with Crippen molar-refractivity contribution in [3.63, 3.8) is 0 Å². The zero-order valence-corrected chi connectivity index (χ0v) is 15.6. The van der Waals surface area contributed by atoms with Gasteiger partial charge in [-0.05, 0) is 18.2 Å². The van der Waals surface area contributed by atoms with Crippen LogP contribution in [0.25, 0.3) is 0 Å². The van der Waals surface area contributed by atoms with E-state index in [1.807, 2.05) is 0 Å². The van der Waals surface area contributed by atoms with Crippen LogP contribution in [0.3, 0.4) is 0 Å². The highest BCUT2D eigenvalue weighted by Crippen LogP contribution is 2.30. The Kier molecular flexibility index (Phi) is 6.11. The van der Waals surface area contributed by atoms with Crippen molar-refractivity contribution < 1.29 is 40.8 Å². The summed E-state index contributed by atoms with van der Waals surface area (Å²) in [4.78, 5) is 22.4. The van der Waals surface area contributed by atoms with Gasteiger partial charge in [0.2, 0.25) is 29.1 Å². The maximum absolute atomic E-state index is 13.6. The molecule has 1 aromatic heterocycles. The monoisotopic (exact) mass is 462 g/mol. The number of amides is 1. The maximum atomic E-state index is 13.6. The lowest BCUT2D eigenvalue weighted by molar-refractivity contribution is -0.384. The fourth-order valence-electron chi connectivity index (χ4n) is 2.34. The first-order valence-corrected chi connectivity index (χ1v) is 8.46. The van der Waals surface area contributed by atoms with Gasteiger partial charge in [-0.1, -0.05) is 11.6 Å². The number of nitro groups is 1. The molecule has 0 aliphatic heterocycles. The number of hydrogen-bond donors (Lipinski definition) is 1. The zero-order valence-electron chi connectivity index (χ0n) is 14.9. The van der Waals surface area contributed by atoms with E-state index in [4.69, 9.17) is 16.0 Å². The molecule has 7 nitrogen and oxygen atoms in total. The average Bonchev–Trinajstić information content (AvgIpc) is 3.21. The molecule has 2 aromatic carbocycles. The van der Waals surface area contributed by atoms with Crippen LogP contribution in [-0.2, 0) is 6.61 Å². The van der Waals surface area contributed by atoms with E-state index in [2.05, 4.69) is 10.1 Å². The van der Waals surface area contributed by atoms with Crippen molar-refractivity contribution in [1.29, 1.82) is 0 Å². The Morgan fingerprint density at radius 2 is 1.65 bits per heavy atom. The second kappa shape index (κ2) is 8.60. The molecule has 0 atom stereocenters. The van der Waals surface area contributed by atoms with E-state index in [-0.39, 0.29) is 27.9 Å². The van der Waals surface area contributed by atoms with Gasteiger partial charge >= 0.3 is 0 Å². The molecule has 1 heterocycles. The second-order valence-electron chi connectivity index (χ2n) is 5.83. The predicted molar refractivity (Wildman–Crippen MR) is 95.3 cm³/mol. The van der Waals surface area contributed by atoms with Crippen LogP contribution < -0.4 is 10.1 Å². The lowest BCUT2D eigenvalue weighted by atomic mass is 10.2. The Morgan fingerprint density at radius 3 is 2.26 bits per heavy atom. The Morgan fingerprint density at radius 1 is 1.03 bits per heavy atom. The molecule has 0 saturated carbocycles. The van der Waals surface area contributed by atoms with Crippen LogP contribution in [0.1, 0.15) is 16.3 Å². The number of ether oxygens (including phenoxy) is 1. The van der Waals surface area contributed by atoms with Crippen LogP contribution in [0, 0.1) is 39.2 Å². The molecule has 0 aliphatic rings. The van der Waals surface area contributed by atoms with Crippen LogP contribution in [0.2, 0.25) is 5.02 Å². The summed E-state index contributed by atoms with van der Waals surface area (Å²) in [5.41, 5.74) is -0.424. The topological polar surface area (TPSA) is 94.6 Å². The van der Waals surface area contributed by atoms with E-state index in [1.54, 1.807) is 0 Å². The van der Waals surface area contributed by atoms with E-state index < -0.39 is 52.3 Å². The van der Waals surface area contributed by atoms with Crippen molar-refractivity contribution in [2.45, 2.75) is 6.61 Å². The highest BCUT2D eigenvalue weighted by molar-refractivity contribution is 6.34. The molecule has 162 valence electrons. The van der Waals surface area contributed by atoms with Crippen LogP contribution >= 0.6 is 11.6 Å². The van der Waals surface area contributed by atoms with Crippen LogP contribution in [0.15, 0.2) is 34.7 Å². The van der Waals surface area contributed by atoms with Crippen LogP contribution in [-0.4, -0.2) is 10.8 Å². The van der Waals surface area contributed by atoms with E-state index in [1.165, 1.54) is 6.07 Å². The molecule has 3 aromatic rings. The molecule has 3 rings (SSSR count). The first-order valence-electron chi connectivity index (χ1n) is 8.08. The van der Waals surface area contributed by atoms with Gasteiger partial charge in [0.05, 0.1) is 15.6 Å². The average molecular weight is 463 g/mol. The van der Waals surface area contributed by atoms with Crippen molar-refractivity contribution in [2.75, 3.05) is 5.32 Å². The molecule has 0 unspecified atom stereocenters. The molecule has 31 heavy (non-hydrogen) atoms. The first-order chi connectivity index (χ1) is 14.6. The summed E-state index contributed by atoms with van der Waals surface area (Å²) in [6.45, 7) is -0.775. The number of rotatable bonds is 6. The van der Waals surface area contributed by atoms with Crippen molar-refractivity contribution >= 4 is 28.9 Å². The number of halogens is 6. The van der Waals surface area contributed by atoms with Gasteiger partial charge in [0, 0.05) is 12.1 Å². The summed E-state index contributed by atoms with van der Waals surface area (Å²) in [5.74, 6) is -14.0. The number of nitrogens with one attached hydrogen (secondary N) is 1. The van der Waals surface area contributed by atoms with Crippen molar-refractivity contribution in [3.05, 3.63) is 86.1 Å². The molecule has 1 amide bonds. The molecule has 0 aliphatic carbocycles. The third-order valence-corrected chi connectivity index (χ3v) is 4.15. The van der Waals surface area contributed by atoms with Gasteiger partial charge in [-0.2, -0.15) is 8.78 Å². The number of furan rings is 1. The van der Waals surface area contributed by atoms with Gasteiger partial charge < -0.3 is 14.5 Å². The molecule has 0 bridgehead atoms. The molecular formula is C18H8ClF5N2O5. The van der Waals surface area contributed by atoms with E-state index in [0.29, 0.717) is 0 Å². The fraction of sp³-hybridized carbons (Fsp3) is 0.0556. The predicted octanol–water partition coefficient (Wildman–Crippen LogP) is 5.37. The minimum atomic E-state index is -2.33. The number of carbonyl (C=O) groups is 1. The quantitative estimate of drug-likeness (QED) is 0.175. The minimum absolute atomic E-state index is 0.000349. The standard InChI is InChI=1S/C18H8ClF5N2O5/c19-9-3-1-7(26(28)29)5-10(9)25-18(27)11-4-2-8(31-11)6-30-17-15(23)13(21)12(20)14(22)16(17)24/h1-5H,6H2,(H,25,27). The number of anilines is 1. The van der Waals surface area contributed by atoms with Gasteiger partial charge in [-0.25, -0.2) is 13.2 Å². The van der Waals surface area contributed by atoms with Gasteiger partial charge in [0.15, 0.2) is 11.5 Å². The van der Waals surface area contributed by atoms with E-state index >= 15 is 0 Å². The zero-order chi connectivity index (χ0) is 22.9. The minimum Gasteiger partial charge on any atom is -0.479 e. The summed E-state index contributed by atoms with van der Waals surface area (Å²) in [6, 6.07) is 5.60. The number of hydrogen-bond acceptors (Lipinski definition) is 5. The van der Waals surface area contributed by atoms with E-state index in [0.717, 1.165) is 24.3 Å². The number of benzene rings is 2. The summed E-state index contributed by atoms with van der Waals surface area (Å²) in [6.07, 6.45) is 0. The Labute approximate surface area is 174 Å². The van der Waals surface area contributed by atoms with E-state index in [9.17, 15) is 36.9 Å². The normalized spacial score (nSPS) is 10.8. The smallest absolute Gasteiger partial charge is 0.291 e. The SMILES string of the molecule is O=C(Nc1cc([N+](=O)[O-])ccc1Cl)c1ccc(COc2c(F)c(F)c(F)c(F)c2F)o1. The molecule has 0 spiro atoms. The highest BCUT2D eigenvalue weighted by atomic mass is 35.5. The largest absolute Gasteiger partial charge is 0.479 e. The molecule has 0 fully saturated rings. The van der Waals surface area contributed by atoms with Crippen molar-refractivity contribution in [2.24, 2.45) is 0 Å². The summed E-state index contributed by atoms with van der Waals surface area (Å²) in [5, 5.41) is 13.1. The Balaban J connectivity index is 1.74. The maximum Gasteiger partial charge on any atom is 0.291 e. The molecule has 0 saturated heterocycles. The van der Waals surface area contributed by atoms with Gasteiger partial charge in [0.1, 0.15) is 12.4 Å². The number of non-ortho nitro benzene ring substituents is 1. The third kappa shape index (κ3) is 4.43. The number of carbonyl (C=O) groups excluding carboxylic acids is 1. The highest BCUT2D eigenvalue weighted by Gasteiger charge is 2.27. The molecule has 1 N–H and O–H groups in total. The Hall–Kier alpha value is -3.67. The number of nitrogens with zero attached hydrogens (tertiary/aromatic N) is 1. The van der Waals surface area contributed by atoms with Crippen LogP contribution in [0.5, 0.6) is 5.75 Å². The summed E-state index contributed by atoms with van der Waals surface area (Å²) >= 11 is 5.87. The second-order valence-corrected chi connectivity index (χ2v) is 6.24. The van der Waals surface area contributed by atoms with Crippen LogP contribution in [0.4, 0.5) is 33.3 Å². The molecule has 0 radical (unpaired) electrons. The molecular weight excluding hydrogens is 455 g/mol. The molecule has 13 heteroatoms. The lowest BCUT2D eigenvalue weighted by Crippen LogP contribution is -2.11. The first kappa shape index (κ1) is 22.0. The van der Waals surface area contributed by atoms with Crippen molar-refractivity contribution in [1.82, 2.24) is 0 Å². The van der Waals surface area contributed by atoms with Gasteiger partial charge in [-0.3, -0.25) is 14.9 Å². The summed E-state index contributed by atoms with van der Waals surface area (Å²) < 4.78 is 76.3. The number of nitro benzene ring substituents is 1. The Bertz CT molecular complexity index is 1170. The van der Waals surface area contributed by atoms with Gasteiger partial charge in [0.25, 0.3) is 11.6 Å². The summed E-state index contributed by atoms with van der Waals surface area (Å²) in [7, 11) is 0. The lowest BCUT2D eigenvalue weighted by Gasteiger charge is -2.09. The third-order valence-electron chi connectivity index (χ3n) is 3.82. The van der Waals surface area contributed by atoms with Crippen molar-refractivity contribution in [3.8, 4) is 5.75 Å². The van der Waals surface area contributed by atoms with Gasteiger partial charge in [-0.15, -0.1) is 0 Å².